The number of carbonyl (C=O) groups is 1. The molecule has 0 unspecified atom stereocenters. The van der Waals surface area contributed by atoms with E-state index in [2.05, 4.69) is 15.0 Å². The molecule has 0 bridgehead atoms. The van der Waals surface area contributed by atoms with Gasteiger partial charge in [0.25, 0.3) is 0 Å². The molecule has 3 aromatic heterocycles. The van der Waals surface area contributed by atoms with Crippen LogP contribution in [0.15, 0.2) is 29.3 Å². The van der Waals surface area contributed by atoms with E-state index >= 15 is 0 Å². The van der Waals surface area contributed by atoms with Crippen LogP contribution < -0.4 is 5.69 Å². The third-order valence-electron chi connectivity index (χ3n) is 4.34. The van der Waals surface area contributed by atoms with Crippen LogP contribution in [0.25, 0.3) is 22.6 Å². The molecular formula is C16H15ClN6O2. The van der Waals surface area contributed by atoms with Gasteiger partial charge in [-0.3, -0.25) is 4.57 Å². The minimum absolute atomic E-state index is 0.323. The Balaban J connectivity index is 1.86. The van der Waals surface area contributed by atoms with Crippen LogP contribution >= 0.6 is 11.6 Å². The number of carbonyl (C=O) groups excluding carboxylic acids is 1. The average molecular weight is 359 g/mol. The SMILES string of the molecule is Cn1c(=O)n(C(=O)N2CCCC2)c2cnc(-c3ccnc(Cl)c3)nc21. The highest BCUT2D eigenvalue weighted by Gasteiger charge is 2.25. The lowest BCUT2D eigenvalue weighted by molar-refractivity contribution is 0.210. The molecule has 0 aliphatic carbocycles. The van der Waals surface area contributed by atoms with Gasteiger partial charge in [-0.2, -0.15) is 0 Å². The first-order valence-electron chi connectivity index (χ1n) is 7.92. The van der Waals surface area contributed by atoms with Crippen molar-refractivity contribution in [2.24, 2.45) is 7.05 Å². The van der Waals surface area contributed by atoms with Crippen LogP contribution in [-0.4, -0.2) is 48.1 Å². The lowest BCUT2D eigenvalue weighted by atomic mass is 10.2. The molecule has 1 aliphatic heterocycles. The maximum Gasteiger partial charge on any atom is 0.338 e. The Labute approximate surface area is 147 Å². The molecule has 0 spiro atoms. The summed E-state index contributed by atoms with van der Waals surface area (Å²) in [7, 11) is 1.59. The molecule has 9 heteroatoms. The molecule has 0 aromatic carbocycles. The Morgan fingerprint density at radius 1 is 1.24 bits per heavy atom. The largest absolute Gasteiger partial charge is 0.338 e. The summed E-state index contributed by atoms with van der Waals surface area (Å²) in [5.41, 5.74) is 1.06. The third kappa shape index (κ3) is 2.58. The molecule has 4 rings (SSSR count). The zero-order chi connectivity index (χ0) is 17.6. The number of nitrogens with zero attached hydrogens (tertiary/aromatic N) is 6. The second-order valence-electron chi connectivity index (χ2n) is 5.92. The number of halogens is 1. The van der Waals surface area contributed by atoms with Crippen molar-refractivity contribution < 1.29 is 4.79 Å². The van der Waals surface area contributed by atoms with Crippen molar-refractivity contribution in [3.8, 4) is 11.4 Å². The number of amides is 1. The maximum atomic E-state index is 12.7. The van der Waals surface area contributed by atoms with Crippen molar-refractivity contribution >= 4 is 28.8 Å². The van der Waals surface area contributed by atoms with Gasteiger partial charge in [-0.15, -0.1) is 0 Å². The lowest BCUT2D eigenvalue weighted by Crippen LogP contribution is -2.38. The van der Waals surface area contributed by atoms with E-state index in [0.29, 0.717) is 40.8 Å². The van der Waals surface area contributed by atoms with E-state index in [1.54, 1.807) is 30.3 Å². The van der Waals surface area contributed by atoms with Crippen LogP contribution in [0.3, 0.4) is 0 Å². The van der Waals surface area contributed by atoms with E-state index in [1.165, 1.54) is 10.8 Å². The van der Waals surface area contributed by atoms with Crippen molar-refractivity contribution in [3.63, 3.8) is 0 Å². The molecule has 128 valence electrons. The molecule has 3 aromatic rings. The molecule has 4 heterocycles. The first-order chi connectivity index (χ1) is 12.1. The summed E-state index contributed by atoms with van der Waals surface area (Å²) in [6, 6.07) is 3.06. The fourth-order valence-electron chi connectivity index (χ4n) is 3.03. The summed E-state index contributed by atoms with van der Waals surface area (Å²) >= 11 is 5.91. The number of likely N-dealkylation sites (tertiary alicyclic amines) is 1. The monoisotopic (exact) mass is 358 g/mol. The van der Waals surface area contributed by atoms with Gasteiger partial charge < -0.3 is 4.90 Å². The summed E-state index contributed by atoms with van der Waals surface area (Å²) in [6.45, 7) is 1.33. The van der Waals surface area contributed by atoms with E-state index in [0.717, 1.165) is 17.4 Å². The second-order valence-corrected chi connectivity index (χ2v) is 6.31. The number of pyridine rings is 1. The van der Waals surface area contributed by atoms with Crippen molar-refractivity contribution in [3.05, 3.63) is 40.2 Å². The lowest BCUT2D eigenvalue weighted by Gasteiger charge is -2.14. The fraction of sp³-hybridized carbons (Fsp3) is 0.312. The maximum absolute atomic E-state index is 12.7. The number of imidazole rings is 1. The summed E-state index contributed by atoms with van der Waals surface area (Å²) in [5, 5.41) is 0.330. The van der Waals surface area contributed by atoms with E-state index in [-0.39, 0.29) is 6.03 Å². The van der Waals surface area contributed by atoms with Gasteiger partial charge in [0.05, 0.1) is 6.20 Å². The molecule has 0 atom stereocenters. The van der Waals surface area contributed by atoms with Gasteiger partial charge in [0.15, 0.2) is 11.5 Å². The van der Waals surface area contributed by atoms with Crippen LogP contribution in [0.1, 0.15) is 12.8 Å². The van der Waals surface area contributed by atoms with Crippen LogP contribution in [0.4, 0.5) is 4.79 Å². The Bertz CT molecular complexity index is 1030. The quantitative estimate of drug-likeness (QED) is 0.620. The molecule has 0 radical (unpaired) electrons. The Morgan fingerprint density at radius 2 is 2.00 bits per heavy atom. The molecule has 0 N–H and O–H groups in total. The predicted octanol–water partition coefficient (Wildman–Crippen LogP) is 1.91. The predicted molar refractivity (Wildman–Crippen MR) is 92.6 cm³/mol. The zero-order valence-corrected chi connectivity index (χ0v) is 14.3. The van der Waals surface area contributed by atoms with Crippen LogP contribution in [-0.2, 0) is 7.05 Å². The average Bonchev–Trinajstić information content (AvgIpc) is 3.23. The number of hydrogen-bond acceptors (Lipinski definition) is 5. The van der Waals surface area contributed by atoms with Gasteiger partial charge in [-0.1, -0.05) is 11.6 Å². The van der Waals surface area contributed by atoms with Crippen molar-refractivity contribution in [2.75, 3.05) is 13.1 Å². The first-order valence-corrected chi connectivity index (χ1v) is 8.30. The molecule has 25 heavy (non-hydrogen) atoms. The Hall–Kier alpha value is -2.74. The van der Waals surface area contributed by atoms with Crippen LogP contribution in [0, 0.1) is 0 Å². The minimum atomic E-state index is -0.425. The van der Waals surface area contributed by atoms with Crippen molar-refractivity contribution in [1.82, 2.24) is 29.0 Å². The number of aromatic nitrogens is 5. The highest BCUT2D eigenvalue weighted by molar-refractivity contribution is 6.29. The molecule has 8 nitrogen and oxygen atoms in total. The molecule has 1 amide bonds. The summed E-state index contributed by atoms with van der Waals surface area (Å²) in [6.07, 6.45) is 4.97. The van der Waals surface area contributed by atoms with Gasteiger partial charge >= 0.3 is 11.7 Å². The number of hydrogen-bond donors (Lipinski definition) is 0. The summed E-state index contributed by atoms with van der Waals surface area (Å²) in [5.74, 6) is 0.415. The molecule has 1 aliphatic rings. The van der Waals surface area contributed by atoms with Gasteiger partial charge in [-0.25, -0.2) is 29.1 Å². The van der Waals surface area contributed by atoms with Crippen molar-refractivity contribution in [1.29, 1.82) is 0 Å². The van der Waals surface area contributed by atoms with E-state index in [9.17, 15) is 9.59 Å². The highest BCUT2D eigenvalue weighted by Crippen LogP contribution is 2.20. The van der Waals surface area contributed by atoms with Gasteiger partial charge in [0, 0.05) is 31.9 Å². The Kier molecular flexibility index (Phi) is 3.76. The van der Waals surface area contributed by atoms with E-state index in [4.69, 9.17) is 11.6 Å². The number of aryl methyl sites for hydroxylation is 1. The summed E-state index contributed by atoms with van der Waals surface area (Å²) < 4.78 is 2.50. The van der Waals surface area contributed by atoms with Gasteiger partial charge in [-0.05, 0) is 25.0 Å². The summed E-state index contributed by atoms with van der Waals surface area (Å²) in [4.78, 5) is 39.6. The van der Waals surface area contributed by atoms with E-state index < -0.39 is 5.69 Å². The number of rotatable bonds is 1. The standard InChI is InChI=1S/C16H15ClN6O2/c1-21-14-11(23(15(21)24)16(25)22-6-2-3-7-22)9-19-13(20-14)10-4-5-18-12(17)8-10/h4-5,8-9H,2-3,6-7H2,1H3. The first kappa shape index (κ1) is 15.8. The highest BCUT2D eigenvalue weighted by atomic mass is 35.5. The van der Waals surface area contributed by atoms with Gasteiger partial charge in [0.2, 0.25) is 0 Å². The van der Waals surface area contributed by atoms with Crippen LogP contribution in [0.2, 0.25) is 5.15 Å². The normalized spacial score (nSPS) is 14.4. The topological polar surface area (TPSA) is 85.9 Å². The number of fused-ring (bicyclic) bond motifs is 1. The third-order valence-corrected chi connectivity index (χ3v) is 4.55. The Morgan fingerprint density at radius 3 is 2.72 bits per heavy atom. The molecular weight excluding hydrogens is 344 g/mol. The zero-order valence-electron chi connectivity index (χ0n) is 13.5. The minimum Gasteiger partial charge on any atom is -0.324 e. The fourth-order valence-corrected chi connectivity index (χ4v) is 3.20. The molecule has 1 saturated heterocycles. The second kappa shape index (κ2) is 5.96. The molecule has 1 fully saturated rings. The van der Waals surface area contributed by atoms with Crippen molar-refractivity contribution in [2.45, 2.75) is 12.8 Å². The van der Waals surface area contributed by atoms with E-state index in [1.807, 2.05) is 0 Å². The smallest absolute Gasteiger partial charge is 0.324 e. The van der Waals surface area contributed by atoms with Crippen LogP contribution in [0.5, 0.6) is 0 Å². The molecule has 0 saturated carbocycles. The van der Waals surface area contributed by atoms with Gasteiger partial charge in [0.1, 0.15) is 10.7 Å².